The number of phosphoric ester groups is 1. The number of phosphoric acid groups is 1. The van der Waals surface area contributed by atoms with E-state index < -0.39 is 13.9 Å². The number of nitrogens with zero attached hydrogens (tertiary/aromatic N) is 1. The second-order valence-electron chi connectivity index (χ2n) is 16.9. The molecule has 0 aliphatic carbocycles. The topological polar surface area (TPSA) is 127 Å². The summed E-state index contributed by atoms with van der Waals surface area (Å²) in [4.78, 5) is 16.6. The number of hydrogen-bond donors (Lipinski definition) is 6. The molecule has 0 radical (unpaired) electrons. The molecular weight excluding hydrogens is 738 g/mol. The largest absolute Gasteiger partial charge is 0.469 e. The molecule has 0 aromatic carbocycles. The first-order chi connectivity index (χ1) is 25.6. The minimum atomic E-state index is -4.26. The molecule has 0 rings (SSSR count). The summed E-state index contributed by atoms with van der Waals surface area (Å²) in [6.07, 6.45) is 41.5. The Bertz CT molecular complexity index is 790. The maximum atomic E-state index is 10.2. The van der Waals surface area contributed by atoms with Crippen LogP contribution in [0.3, 0.4) is 0 Å². The fourth-order valence-corrected chi connectivity index (χ4v) is 7.00. The predicted octanol–water partition coefficient (Wildman–Crippen LogP) is 12.1. The third-order valence-corrected chi connectivity index (χ3v) is 11.7. The van der Waals surface area contributed by atoms with Gasteiger partial charge in [0, 0.05) is 5.41 Å². The third kappa shape index (κ3) is 50.4. The molecule has 8 nitrogen and oxygen atoms in total. The van der Waals surface area contributed by atoms with Gasteiger partial charge in [0.15, 0.2) is 0 Å². The molecule has 54 heavy (non-hydrogen) atoms. The van der Waals surface area contributed by atoms with E-state index in [1.807, 2.05) is 21.1 Å². The lowest BCUT2D eigenvalue weighted by Gasteiger charge is -2.28. The van der Waals surface area contributed by atoms with Gasteiger partial charge in [0.1, 0.15) is 19.3 Å². The number of hydrogen-bond acceptors (Lipinski definition) is 6. The van der Waals surface area contributed by atoms with Crippen molar-refractivity contribution in [3.8, 4) is 0 Å². The van der Waals surface area contributed by atoms with Gasteiger partial charge in [-0.25, -0.2) is 4.57 Å². The lowest BCUT2D eigenvalue weighted by atomic mass is 9.81. The molecule has 0 amide bonds. The van der Waals surface area contributed by atoms with Crippen LogP contribution in [0.25, 0.3) is 0 Å². The first-order valence-corrected chi connectivity index (χ1v) is 24.6. The second kappa shape index (κ2) is 41.5. The van der Waals surface area contributed by atoms with Crippen molar-refractivity contribution >= 4 is 36.9 Å². The summed E-state index contributed by atoms with van der Waals surface area (Å²) < 4.78 is 16.0. The summed E-state index contributed by atoms with van der Waals surface area (Å²) in [5.74, 6) is 0. The molecule has 0 bridgehead atoms. The Balaban J connectivity index is -0.00000125. The monoisotopic (exact) mass is 831 g/mol. The van der Waals surface area contributed by atoms with Crippen molar-refractivity contribution < 1.29 is 38.7 Å². The highest BCUT2D eigenvalue weighted by Gasteiger charge is 2.26. The van der Waals surface area contributed by atoms with E-state index in [4.69, 9.17) is 37.3 Å². The number of thiol groups is 1. The highest BCUT2D eigenvalue weighted by atomic mass is 32.1. The van der Waals surface area contributed by atoms with Gasteiger partial charge >= 0.3 is 7.82 Å². The van der Waals surface area contributed by atoms with E-state index in [9.17, 15) is 4.57 Å². The van der Waals surface area contributed by atoms with Crippen molar-refractivity contribution in [1.29, 1.82) is 0 Å². The molecule has 0 aliphatic rings. The number of aliphatic hydroxyl groups excluding tert-OH is 3. The summed E-state index contributed by atoms with van der Waals surface area (Å²) >= 11 is 10.2. The van der Waals surface area contributed by atoms with E-state index >= 15 is 0 Å². The van der Waals surface area contributed by atoms with Gasteiger partial charge in [-0.2, -0.15) is 0 Å². The Morgan fingerprint density at radius 3 is 1.06 bits per heavy atom. The number of aliphatic hydroxyl groups is 3. The summed E-state index contributed by atoms with van der Waals surface area (Å²) in [7, 11) is 1.50. The van der Waals surface area contributed by atoms with Gasteiger partial charge in [-0.3, -0.25) is 4.52 Å². The van der Waals surface area contributed by atoms with E-state index in [0.717, 1.165) is 4.20 Å². The van der Waals surface area contributed by atoms with Crippen LogP contribution in [0.2, 0.25) is 0 Å². The maximum absolute atomic E-state index is 10.2. The molecule has 11 heteroatoms. The number of rotatable bonds is 37. The van der Waals surface area contributed by atoms with Gasteiger partial charge in [-0.15, -0.1) is 12.6 Å². The van der Waals surface area contributed by atoms with E-state index in [1.165, 1.54) is 193 Å². The molecule has 0 saturated heterocycles. The summed E-state index contributed by atoms with van der Waals surface area (Å²) in [5, 5.41) is 24.0. The van der Waals surface area contributed by atoms with Gasteiger partial charge in [0.05, 0.1) is 38.6 Å². The van der Waals surface area contributed by atoms with Crippen LogP contribution in [0.1, 0.15) is 213 Å². The highest BCUT2D eigenvalue weighted by Crippen LogP contribution is 2.36. The molecule has 0 heterocycles. The number of quaternary nitrogens is 1. The molecule has 0 spiro atoms. The average molecular weight is 831 g/mol. The lowest BCUT2D eigenvalue weighted by molar-refractivity contribution is -0.870. The van der Waals surface area contributed by atoms with E-state index in [0.29, 0.717) is 11.0 Å². The van der Waals surface area contributed by atoms with Crippen LogP contribution in [0, 0.1) is 5.41 Å². The van der Waals surface area contributed by atoms with Crippen molar-refractivity contribution in [3.63, 3.8) is 0 Å². The van der Waals surface area contributed by atoms with Crippen LogP contribution in [-0.2, 0) is 9.09 Å². The first-order valence-electron chi connectivity index (χ1n) is 22.2. The summed E-state index contributed by atoms with van der Waals surface area (Å²) in [5.41, 5.74) is 0.173. The molecule has 5 N–H and O–H groups in total. The van der Waals surface area contributed by atoms with E-state index in [1.54, 1.807) is 0 Å². The van der Waals surface area contributed by atoms with Crippen molar-refractivity contribution in [2.75, 3.05) is 47.5 Å². The molecule has 328 valence electrons. The fourth-order valence-electron chi connectivity index (χ4n) is 6.25. The summed E-state index contributed by atoms with van der Waals surface area (Å²) in [6, 6.07) is 0. The zero-order chi connectivity index (χ0) is 41.4. The molecule has 0 atom stereocenters. The van der Waals surface area contributed by atoms with E-state index in [2.05, 4.69) is 37.9 Å². The Morgan fingerprint density at radius 2 is 0.870 bits per heavy atom. The van der Waals surface area contributed by atoms with Crippen molar-refractivity contribution in [1.82, 2.24) is 0 Å². The van der Waals surface area contributed by atoms with Crippen molar-refractivity contribution in [2.24, 2.45) is 5.41 Å². The SMILES string of the molecule is CCCCCCCCCCCCCCCCC(C)(CCCCCCCCCCCCCCCC)C(=S)S.C[N+](C)(C)CCOP(=O)(O)O.OCC(O)CO. The average Bonchev–Trinajstić information content (AvgIpc) is 3.11. The Labute approximate surface area is 346 Å². The molecular formula is C43H93NO7PS2+. The Hall–Kier alpha value is 0.390. The molecule has 0 fully saturated rings. The number of thiocarbonyl (C=S) groups is 1. The molecule has 0 aromatic rings. The smallest absolute Gasteiger partial charge is 0.394 e. The quantitative estimate of drug-likeness (QED) is 0.0120. The van der Waals surface area contributed by atoms with Crippen LogP contribution in [0.15, 0.2) is 0 Å². The normalized spacial score (nSPS) is 12.0. The maximum Gasteiger partial charge on any atom is 0.469 e. The highest BCUT2D eigenvalue weighted by molar-refractivity contribution is 8.11. The van der Waals surface area contributed by atoms with Gasteiger partial charge in [0.25, 0.3) is 0 Å². The van der Waals surface area contributed by atoms with Crippen molar-refractivity contribution in [2.45, 2.75) is 219 Å². The third-order valence-electron chi connectivity index (χ3n) is 10.1. The van der Waals surface area contributed by atoms with Gasteiger partial charge in [-0.05, 0) is 12.8 Å². The second-order valence-corrected chi connectivity index (χ2v) is 19.3. The Kier molecular flexibility index (Phi) is 45.2. The van der Waals surface area contributed by atoms with Crippen LogP contribution in [-0.4, -0.2) is 87.4 Å². The molecule has 0 aromatic heterocycles. The van der Waals surface area contributed by atoms with Crippen molar-refractivity contribution in [3.05, 3.63) is 0 Å². The first kappa shape index (κ1) is 58.7. The Morgan fingerprint density at radius 1 is 0.611 bits per heavy atom. The minimum Gasteiger partial charge on any atom is -0.394 e. The number of likely N-dealkylation sites (N-methyl/N-ethyl adjacent to an activating group) is 1. The van der Waals surface area contributed by atoms with Gasteiger partial charge in [0.2, 0.25) is 0 Å². The van der Waals surface area contributed by atoms with E-state index in [-0.39, 0.29) is 25.2 Å². The lowest BCUT2D eigenvalue weighted by Crippen LogP contribution is -2.37. The van der Waals surface area contributed by atoms with Gasteiger partial charge in [-0.1, -0.05) is 213 Å². The van der Waals surface area contributed by atoms with Crippen LogP contribution >= 0.6 is 32.7 Å². The fraction of sp³-hybridized carbons (Fsp3) is 0.977. The molecule has 0 unspecified atom stereocenters. The standard InChI is InChI=1S/C35H70S2.C5H14NO4P.C3H8O3/c1-4-6-8-10-12-14-16-18-20-22-24-26-28-30-32-35(3,34(36)37)33-31-29-27-25-23-21-19-17-15-13-11-9-7-5-2;1-6(2,3)4-5-10-11(7,8)9;4-1-3(6)2-5/h4-33H2,1-3H3,(H,36,37);4-5H2,1-3H3,(H-,7,8,9);3-6H,1-2H2/p+1. The zero-order valence-electron chi connectivity index (χ0n) is 36.4. The minimum absolute atomic E-state index is 0.0772. The van der Waals surface area contributed by atoms with Gasteiger partial charge < -0.3 is 29.6 Å². The van der Waals surface area contributed by atoms with Crippen LogP contribution in [0.4, 0.5) is 0 Å². The molecule has 0 aliphatic heterocycles. The number of unbranched alkanes of at least 4 members (excludes halogenated alkanes) is 26. The molecule has 0 saturated carbocycles. The summed E-state index contributed by atoms with van der Waals surface area (Å²) in [6.45, 7) is 6.91. The van der Waals surface area contributed by atoms with Crippen LogP contribution in [0.5, 0.6) is 0 Å². The predicted molar refractivity (Wildman–Crippen MR) is 241 cm³/mol. The van der Waals surface area contributed by atoms with Crippen LogP contribution < -0.4 is 0 Å². The zero-order valence-corrected chi connectivity index (χ0v) is 39.0.